The van der Waals surface area contributed by atoms with Crippen LogP contribution < -0.4 is 11.2 Å². The van der Waals surface area contributed by atoms with Crippen molar-refractivity contribution in [3.05, 3.63) is 40.5 Å². The van der Waals surface area contributed by atoms with E-state index in [0.717, 1.165) is 5.56 Å². The van der Waals surface area contributed by atoms with Crippen molar-refractivity contribution in [2.24, 2.45) is 5.10 Å². The van der Waals surface area contributed by atoms with Gasteiger partial charge in [-0.05, 0) is 23.3 Å². The minimum absolute atomic E-state index is 0.232. The monoisotopic (exact) mass is 328 g/mol. The fourth-order valence-corrected chi connectivity index (χ4v) is 2.26. The Labute approximate surface area is 116 Å². The van der Waals surface area contributed by atoms with Crippen LogP contribution in [0.5, 0.6) is 0 Å². The molecule has 7 heteroatoms. The molecule has 0 aliphatic heterocycles. The van der Waals surface area contributed by atoms with Gasteiger partial charge in [0.05, 0.1) is 6.21 Å². The molecule has 0 fully saturated rings. The summed E-state index contributed by atoms with van der Waals surface area (Å²) in [5, 5.41) is 6.82. The molecule has 0 saturated heterocycles. The van der Waals surface area contributed by atoms with E-state index in [1.165, 1.54) is 17.4 Å². The smallest absolute Gasteiger partial charge is 0.205 e. The molecule has 0 saturated carbocycles. The number of nitrogens with one attached hydrogen (secondary N) is 1. The number of nitrogen functional groups attached to an aromatic ring is 1. The molecule has 18 heavy (non-hydrogen) atoms. The van der Waals surface area contributed by atoms with Crippen LogP contribution in [-0.4, -0.2) is 11.2 Å². The van der Waals surface area contributed by atoms with Gasteiger partial charge in [-0.15, -0.1) is 11.3 Å². The number of halogens is 2. The highest BCUT2D eigenvalue weighted by molar-refractivity contribution is 9.08. The summed E-state index contributed by atoms with van der Waals surface area (Å²) in [5.41, 5.74) is 9.64. The van der Waals surface area contributed by atoms with Gasteiger partial charge in [0.1, 0.15) is 11.6 Å². The van der Waals surface area contributed by atoms with Crippen molar-refractivity contribution < 1.29 is 4.39 Å². The standard InChI is InChI=1S/C11H10BrFN4S/c12-4-8-3-7(1-2-9(8)13)5-15-17-11-16-10(14)6-18-11/h1-3,5-6H,4,14H2,(H,16,17). The Hall–Kier alpha value is -1.47. The lowest BCUT2D eigenvalue weighted by Crippen LogP contribution is -1.93. The summed E-state index contributed by atoms with van der Waals surface area (Å²) in [6, 6.07) is 4.80. The van der Waals surface area contributed by atoms with Crippen molar-refractivity contribution in [1.82, 2.24) is 4.98 Å². The van der Waals surface area contributed by atoms with E-state index in [-0.39, 0.29) is 5.82 Å². The van der Waals surface area contributed by atoms with E-state index in [4.69, 9.17) is 5.73 Å². The number of alkyl halides is 1. The van der Waals surface area contributed by atoms with Gasteiger partial charge in [0.15, 0.2) is 0 Å². The second-order valence-electron chi connectivity index (χ2n) is 3.43. The molecular weight excluding hydrogens is 319 g/mol. The zero-order valence-electron chi connectivity index (χ0n) is 9.23. The number of rotatable bonds is 4. The fraction of sp³-hybridized carbons (Fsp3) is 0.0909. The van der Waals surface area contributed by atoms with Crippen molar-refractivity contribution in [3.8, 4) is 0 Å². The van der Waals surface area contributed by atoms with Gasteiger partial charge in [0.25, 0.3) is 0 Å². The first-order valence-electron chi connectivity index (χ1n) is 5.03. The average Bonchev–Trinajstić information content (AvgIpc) is 2.77. The third-order valence-electron chi connectivity index (χ3n) is 2.11. The van der Waals surface area contributed by atoms with Gasteiger partial charge in [-0.25, -0.2) is 9.37 Å². The van der Waals surface area contributed by atoms with Gasteiger partial charge in [-0.1, -0.05) is 22.0 Å². The van der Waals surface area contributed by atoms with Crippen LogP contribution in [0.2, 0.25) is 0 Å². The number of anilines is 2. The van der Waals surface area contributed by atoms with E-state index >= 15 is 0 Å². The molecule has 4 nitrogen and oxygen atoms in total. The molecule has 0 radical (unpaired) electrons. The Morgan fingerprint density at radius 2 is 2.39 bits per heavy atom. The molecule has 3 N–H and O–H groups in total. The van der Waals surface area contributed by atoms with Gasteiger partial charge in [-0.2, -0.15) is 5.10 Å². The number of benzene rings is 1. The SMILES string of the molecule is Nc1csc(NN=Cc2ccc(F)c(CBr)c2)n1. The maximum Gasteiger partial charge on any atom is 0.205 e. The minimum Gasteiger partial charge on any atom is -0.383 e. The van der Waals surface area contributed by atoms with E-state index < -0.39 is 0 Å². The first-order chi connectivity index (χ1) is 8.69. The van der Waals surface area contributed by atoms with Crippen molar-refractivity contribution in [2.75, 3.05) is 11.2 Å². The highest BCUT2D eigenvalue weighted by atomic mass is 79.9. The van der Waals surface area contributed by atoms with Crippen LogP contribution in [-0.2, 0) is 5.33 Å². The fourth-order valence-electron chi connectivity index (χ4n) is 1.28. The normalized spacial score (nSPS) is 11.0. The number of aromatic nitrogens is 1. The van der Waals surface area contributed by atoms with Crippen LogP contribution in [0, 0.1) is 5.82 Å². The van der Waals surface area contributed by atoms with Gasteiger partial charge in [0, 0.05) is 10.7 Å². The first-order valence-corrected chi connectivity index (χ1v) is 7.03. The third kappa shape index (κ3) is 3.27. The molecule has 1 aromatic heterocycles. The average molecular weight is 329 g/mol. The number of hydrazone groups is 1. The highest BCUT2D eigenvalue weighted by Crippen LogP contribution is 2.16. The Morgan fingerprint density at radius 1 is 1.56 bits per heavy atom. The predicted molar refractivity (Wildman–Crippen MR) is 76.8 cm³/mol. The van der Waals surface area contributed by atoms with Crippen LogP contribution in [0.1, 0.15) is 11.1 Å². The van der Waals surface area contributed by atoms with Crippen LogP contribution in [0.25, 0.3) is 0 Å². The van der Waals surface area contributed by atoms with Crippen molar-refractivity contribution >= 4 is 44.4 Å². The Bertz CT molecular complexity index is 570. The molecule has 94 valence electrons. The van der Waals surface area contributed by atoms with Gasteiger partial charge < -0.3 is 5.73 Å². The minimum atomic E-state index is -0.232. The van der Waals surface area contributed by atoms with E-state index in [2.05, 4.69) is 31.4 Å². The van der Waals surface area contributed by atoms with Crippen LogP contribution in [0.15, 0.2) is 28.7 Å². The van der Waals surface area contributed by atoms with Gasteiger partial charge in [0.2, 0.25) is 5.13 Å². The van der Waals surface area contributed by atoms with Crippen molar-refractivity contribution in [2.45, 2.75) is 5.33 Å². The highest BCUT2D eigenvalue weighted by Gasteiger charge is 2.01. The van der Waals surface area contributed by atoms with E-state index in [0.29, 0.717) is 21.8 Å². The molecule has 0 aliphatic carbocycles. The molecule has 0 aliphatic rings. The van der Waals surface area contributed by atoms with E-state index in [1.54, 1.807) is 23.7 Å². The largest absolute Gasteiger partial charge is 0.383 e. The first kappa shape index (κ1) is 13.0. The molecule has 0 spiro atoms. The number of nitrogens with two attached hydrogens (primary N) is 1. The van der Waals surface area contributed by atoms with Crippen LogP contribution in [0.4, 0.5) is 15.3 Å². The summed E-state index contributed by atoms with van der Waals surface area (Å²) in [6.45, 7) is 0. The topological polar surface area (TPSA) is 63.3 Å². The zero-order chi connectivity index (χ0) is 13.0. The lowest BCUT2D eigenvalue weighted by molar-refractivity contribution is 0.617. The summed E-state index contributed by atoms with van der Waals surface area (Å²) in [7, 11) is 0. The molecule has 0 atom stereocenters. The van der Waals surface area contributed by atoms with E-state index in [1.807, 2.05) is 0 Å². The van der Waals surface area contributed by atoms with E-state index in [9.17, 15) is 4.39 Å². The Balaban J connectivity index is 2.04. The zero-order valence-corrected chi connectivity index (χ0v) is 11.6. The lowest BCUT2D eigenvalue weighted by atomic mass is 10.1. The van der Waals surface area contributed by atoms with Crippen LogP contribution in [0.3, 0.4) is 0 Å². The predicted octanol–water partition coefficient (Wildman–Crippen LogP) is 3.21. The van der Waals surface area contributed by atoms with Gasteiger partial charge >= 0.3 is 0 Å². The molecule has 0 bridgehead atoms. The van der Waals surface area contributed by atoms with Crippen molar-refractivity contribution in [3.63, 3.8) is 0 Å². The van der Waals surface area contributed by atoms with Crippen molar-refractivity contribution in [1.29, 1.82) is 0 Å². The molecule has 0 amide bonds. The summed E-state index contributed by atoms with van der Waals surface area (Å²) < 4.78 is 13.2. The molecule has 2 aromatic rings. The second kappa shape index (κ2) is 5.92. The Morgan fingerprint density at radius 3 is 3.06 bits per heavy atom. The molecule has 1 heterocycles. The summed E-state index contributed by atoms with van der Waals surface area (Å²) in [4.78, 5) is 3.99. The molecule has 2 rings (SSSR count). The maximum absolute atomic E-state index is 13.2. The lowest BCUT2D eigenvalue weighted by Gasteiger charge is -2.00. The number of hydrogen-bond acceptors (Lipinski definition) is 5. The number of hydrogen-bond donors (Lipinski definition) is 2. The molecular formula is C11H10BrFN4S. The third-order valence-corrected chi connectivity index (χ3v) is 3.48. The van der Waals surface area contributed by atoms with Gasteiger partial charge in [-0.3, -0.25) is 5.43 Å². The molecule has 0 unspecified atom stereocenters. The molecule has 1 aromatic carbocycles. The summed E-state index contributed by atoms with van der Waals surface area (Å²) in [6.07, 6.45) is 1.60. The number of nitrogens with zero attached hydrogens (tertiary/aromatic N) is 2. The number of thiazole rings is 1. The van der Waals surface area contributed by atoms with Crippen LogP contribution >= 0.6 is 27.3 Å². The summed E-state index contributed by atoms with van der Waals surface area (Å²) >= 11 is 4.59. The maximum atomic E-state index is 13.2. The quantitative estimate of drug-likeness (QED) is 0.514. The Kier molecular flexibility index (Phi) is 4.27. The second-order valence-corrected chi connectivity index (χ2v) is 4.85. The summed E-state index contributed by atoms with van der Waals surface area (Å²) in [5.74, 6) is 0.228.